The van der Waals surface area contributed by atoms with E-state index in [1.807, 2.05) is 0 Å². The summed E-state index contributed by atoms with van der Waals surface area (Å²) in [6.07, 6.45) is 5.83. The van der Waals surface area contributed by atoms with Gasteiger partial charge in [-0.15, -0.1) is 0 Å². The number of anilines is 1. The molecule has 1 saturated carbocycles. The molecule has 1 aromatic carbocycles. The molecule has 1 spiro atoms. The third kappa shape index (κ3) is 3.94. The largest absolute Gasteiger partial charge is 0.369 e. The summed E-state index contributed by atoms with van der Waals surface area (Å²) >= 11 is 0. The topological polar surface area (TPSA) is 9.72 Å². The summed E-state index contributed by atoms with van der Waals surface area (Å²) in [5, 5.41) is 0. The molecule has 3 aliphatic rings. The average Bonchev–Trinajstić information content (AvgIpc) is 2.61. The van der Waals surface area contributed by atoms with Gasteiger partial charge in [0.2, 0.25) is 0 Å². The maximum Gasteiger partial charge on any atom is 0.0508 e. The van der Waals surface area contributed by atoms with Crippen LogP contribution in [0.4, 0.5) is 5.69 Å². The van der Waals surface area contributed by atoms with Gasteiger partial charge in [-0.2, -0.15) is 0 Å². The van der Waals surface area contributed by atoms with Crippen LogP contribution in [0.15, 0.2) is 30.3 Å². The Balaban J connectivity index is 1.19. The van der Waals surface area contributed by atoms with Crippen LogP contribution >= 0.6 is 0 Å². The van der Waals surface area contributed by atoms with E-state index in [9.17, 15) is 0 Å². The summed E-state index contributed by atoms with van der Waals surface area (Å²) in [4.78, 5) is 7.89. The first kappa shape index (κ1) is 18.3. The zero-order valence-electron chi connectivity index (χ0n) is 17.1. The minimum atomic E-state index is 0.503. The summed E-state index contributed by atoms with van der Waals surface area (Å²) < 4.78 is 0. The standard InChI is InChI=1S/C23H37N3/c1-22(2,3)20-9-11-23(12-10-20)17-25(18-23)19-24-13-15-26(16-14-24)21-7-5-4-6-8-21/h4-8,20H,9-19H2,1-3H3. The molecule has 2 aliphatic heterocycles. The minimum absolute atomic E-state index is 0.503. The first-order valence-electron chi connectivity index (χ1n) is 10.7. The van der Waals surface area contributed by atoms with Crippen molar-refractivity contribution in [2.24, 2.45) is 16.7 Å². The van der Waals surface area contributed by atoms with Gasteiger partial charge in [0.1, 0.15) is 0 Å². The molecule has 0 atom stereocenters. The molecule has 4 rings (SSSR count). The molecule has 0 amide bonds. The minimum Gasteiger partial charge on any atom is -0.369 e. The summed E-state index contributed by atoms with van der Waals surface area (Å²) in [6, 6.07) is 10.9. The van der Waals surface area contributed by atoms with E-state index in [4.69, 9.17) is 0 Å². The lowest BCUT2D eigenvalue weighted by molar-refractivity contribution is -0.0734. The van der Waals surface area contributed by atoms with E-state index in [0.29, 0.717) is 10.8 Å². The predicted octanol–water partition coefficient (Wildman–Crippen LogP) is 4.30. The highest BCUT2D eigenvalue weighted by molar-refractivity contribution is 5.46. The van der Waals surface area contributed by atoms with Crippen LogP contribution < -0.4 is 4.90 Å². The van der Waals surface area contributed by atoms with Crippen molar-refractivity contribution in [1.29, 1.82) is 0 Å². The molecule has 0 radical (unpaired) electrons. The van der Waals surface area contributed by atoms with Gasteiger partial charge in [0.25, 0.3) is 0 Å². The van der Waals surface area contributed by atoms with Crippen molar-refractivity contribution in [2.45, 2.75) is 46.5 Å². The molecule has 3 fully saturated rings. The molecule has 1 aliphatic carbocycles. The number of likely N-dealkylation sites (tertiary alicyclic amines) is 1. The van der Waals surface area contributed by atoms with E-state index in [0.717, 1.165) is 19.0 Å². The Kier molecular flexibility index (Phi) is 5.04. The van der Waals surface area contributed by atoms with E-state index < -0.39 is 0 Å². The fourth-order valence-electron chi connectivity index (χ4n) is 5.48. The van der Waals surface area contributed by atoms with Gasteiger partial charge in [-0.25, -0.2) is 0 Å². The van der Waals surface area contributed by atoms with Gasteiger partial charge in [0.15, 0.2) is 0 Å². The molecule has 3 nitrogen and oxygen atoms in total. The predicted molar refractivity (Wildman–Crippen MR) is 111 cm³/mol. The number of hydrogen-bond donors (Lipinski definition) is 0. The van der Waals surface area contributed by atoms with Gasteiger partial charge in [-0.05, 0) is 54.6 Å². The Bertz CT molecular complexity index is 567. The number of para-hydroxylation sites is 1. The normalized spacial score (nSPS) is 25.4. The number of piperazine rings is 1. The third-order valence-corrected chi connectivity index (χ3v) is 7.28. The molecule has 144 valence electrons. The highest BCUT2D eigenvalue weighted by atomic mass is 15.4. The van der Waals surface area contributed by atoms with Crippen LogP contribution in [-0.2, 0) is 0 Å². The molecule has 26 heavy (non-hydrogen) atoms. The molecule has 0 bridgehead atoms. The maximum absolute atomic E-state index is 2.70. The molecule has 2 heterocycles. The van der Waals surface area contributed by atoms with Crippen LogP contribution in [0.1, 0.15) is 46.5 Å². The number of nitrogens with zero attached hydrogens (tertiary/aromatic N) is 3. The molecular formula is C23H37N3. The van der Waals surface area contributed by atoms with Crippen LogP contribution in [0.2, 0.25) is 0 Å². The van der Waals surface area contributed by atoms with Crippen molar-refractivity contribution >= 4 is 5.69 Å². The van der Waals surface area contributed by atoms with Gasteiger partial charge >= 0.3 is 0 Å². The zero-order chi connectivity index (χ0) is 18.2. The lowest BCUT2D eigenvalue weighted by atomic mass is 9.61. The fourth-order valence-corrected chi connectivity index (χ4v) is 5.48. The zero-order valence-corrected chi connectivity index (χ0v) is 17.1. The second-order valence-corrected chi connectivity index (χ2v) is 10.2. The van der Waals surface area contributed by atoms with Crippen molar-refractivity contribution in [3.8, 4) is 0 Å². The second kappa shape index (κ2) is 7.16. The van der Waals surface area contributed by atoms with Crippen LogP contribution in [0.3, 0.4) is 0 Å². The Morgan fingerprint density at radius 2 is 1.50 bits per heavy atom. The molecule has 1 aromatic rings. The Hall–Kier alpha value is -1.06. The van der Waals surface area contributed by atoms with Gasteiger partial charge in [-0.1, -0.05) is 39.0 Å². The van der Waals surface area contributed by atoms with E-state index in [-0.39, 0.29) is 0 Å². The fraction of sp³-hybridized carbons (Fsp3) is 0.739. The van der Waals surface area contributed by atoms with Crippen LogP contribution in [-0.4, -0.2) is 55.7 Å². The van der Waals surface area contributed by atoms with Gasteiger partial charge in [-0.3, -0.25) is 9.80 Å². The monoisotopic (exact) mass is 355 g/mol. The maximum atomic E-state index is 2.70. The SMILES string of the molecule is CC(C)(C)C1CCC2(CC1)CN(CN1CCN(c3ccccc3)CC1)C2. The summed E-state index contributed by atoms with van der Waals surface area (Å²) in [7, 11) is 0. The van der Waals surface area contributed by atoms with Crippen molar-refractivity contribution in [3.63, 3.8) is 0 Å². The van der Waals surface area contributed by atoms with Gasteiger partial charge in [0, 0.05) is 45.0 Å². The van der Waals surface area contributed by atoms with Crippen molar-refractivity contribution in [1.82, 2.24) is 9.80 Å². The quantitative estimate of drug-likeness (QED) is 0.800. The van der Waals surface area contributed by atoms with Gasteiger partial charge < -0.3 is 4.90 Å². The highest BCUT2D eigenvalue weighted by Crippen LogP contribution is 2.49. The smallest absolute Gasteiger partial charge is 0.0508 e. The number of rotatable bonds is 3. The Morgan fingerprint density at radius 1 is 0.885 bits per heavy atom. The molecule has 0 N–H and O–H groups in total. The Labute approximate surface area is 160 Å². The molecule has 3 heteroatoms. The van der Waals surface area contributed by atoms with Crippen molar-refractivity contribution in [3.05, 3.63) is 30.3 Å². The van der Waals surface area contributed by atoms with Crippen LogP contribution in [0.5, 0.6) is 0 Å². The van der Waals surface area contributed by atoms with Crippen LogP contribution in [0, 0.1) is 16.7 Å². The van der Waals surface area contributed by atoms with Crippen molar-refractivity contribution in [2.75, 3.05) is 50.8 Å². The molecule has 0 aromatic heterocycles. The third-order valence-electron chi connectivity index (χ3n) is 7.28. The lowest BCUT2D eigenvalue weighted by Gasteiger charge is -2.56. The highest BCUT2D eigenvalue weighted by Gasteiger charge is 2.46. The second-order valence-electron chi connectivity index (χ2n) is 10.2. The lowest BCUT2D eigenvalue weighted by Crippen LogP contribution is -2.61. The molecular weight excluding hydrogens is 318 g/mol. The molecule has 2 saturated heterocycles. The van der Waals surface area contributed by atoms with E-state index in [1.54, 1.807) is 0 Å². The number of benzene rings is 1. The first-order valence-corrected chi connectivity index (χ1v) is 10.7. The number of hydrogen-bond acceptors (Lipinski definition) is 3. The van der Waals surface area contributed by atoms with E-state index in [2.05, 4.69) is 65.8 Å². The van der Waals surface area contributed by atoms with E-state index in [1.165, 1.54) is 64.2 Å². The Morgan fingerprint density at radius 3 is 2.08 bits per heavy atom. The van der Waals surface area contributed by atoms with Crippen LogP contribution in [0.25, 0.3) is 0 Å². The summed E-state index contributed by atoms with van der Waals surface area (Å²) in [5.74, 6) is 0.938. The first-order chi connectivity index (χ1) is 12.4. The average molecular weight is 356 g/mol. The van der Waals surface area contributed by atoms with E-state index >= 15 is 0 Å². The molecule has 0 unspecified atom stereocenters. The van der Waals surface area contributed by atoms with Gasteiger partial charge in [0.05, 0.1) is 6.67 Å². The summed E-state index contributed by atoms with van der Waals surface area (Å²) in [5.41, 5.74) is 2.56. The van der Waals surface area contributed by atoms with Crippen molar-refractivity contribution < 1.29 is 0 Å². The summed E-state index contributed by atoms with van der Waals surface area (Å²) in [6.45, 7) is 15.9.